The number of carbonyl (C=O) groups is 1. The molecular weight excluding hydrogens is 350 g/mol. The molecule has 4 rings (SSSR count). The highest BCUT2D eigenvalue weighted by molar-refractivity contribution is 7.16. The standard InChI is InChI=1S/C16H14ClN3O3S/c17-10-6-5-8(7-11(10)20(22)23)14-18-15(21)13-9-3-1-2-4-12(9)24-16(13)19-14/h5-7,14,19H,1-4H2,(H,18,21). The molecule has 0 spiro atoms. The largest absolute Gasteiger partial charge is 0.353 e. The Balaban J connectivity index is 1.71. The summed E-state index contributed by atoms with van der Waals surface area (Å²) in [5, 5.41) is 18.2. The van der Waals surface area contributed by atoms with E-state index >= 15 is 0 Å². The third-order valence-corrected chi connectivity index (χ3v) is 5.99. The Morgan fingerprint density at radius 3 is 2.83 bits per heavy atom. The van der Waals surface area contributed by atoms with Crippen LogP contribution in [0.3, 0.4) is 0 Å². The molecule has 0 saturated carbocycles. The van der Waals surface area contributed by atoms with E-state index in [0.717, 1.165) is 41.8 Å². The number of fused-ring (bicyclic) bond motifs is 3. The number of nitrogens with one attached hydrogen (secondary N) is 2. The predicted octanol–water partition coefficient (Wildman–Crippen LogP) is 4.04. The Morgan fingerprint density at radius 2 is 2.04 bits per heavy atom. The van der Waals surface area contributed by atoms with Crippen LogP contribution in [0.4, 0.5) is 10.7 Å². The quantitative estimate of drug-likeness (QED) is 0.623. The molecule has 1 aromatic carbocycles. The van der Waals surface area contributed by atoms with Crippen molar-refractivity contribution in [1.29, 1.82) is 0 Å². The molecule has 1 atom stereocenters. The SMILES string of the molecule is O=C1NC(c2ccc(Cl)c([N+](=O)[O-])c2)Nc2sc3c(c21)CCCC3. The number of hydrogen-bond acceptors (Lipinski definition) is 5. The minimum atomic E-state index is -0.522. The van der Waals surface area contributed by atoms with Gasteiger partial charge in [-0.2, -0.15) is 0 Å². The van der Waals surface area contributed by atoms with Gasteiger partial charge in [-0.15, -0.1) is 11.3 Å². The molecule has 1 aliphatic heterocycles. The first-order chi connectivity index (χ1) is 11.5. The summed E-state index contributed by atoms with van der Waals surface area (Å²) in [6.45, 7) is 0. The number of amides is 1. The van der Waals surface area contributed by atoms with E-state index < -0.39 is 11.1 Å². The summed E-state index contributed by atoms with van der Waals surface area (Å²) in [5.41, 5.74) is 2.35. The summed E-state index contributed by atoms with van der Waals surface area (Å²) < 4.78 is 0. The van der Waals surface area contributed by atoms with Crippen molar-refractivity contribution in [3.63, 3.8) is 0 Å². The number of rotatable bonds is 2. The van der Waals surface area contributed by atoms with Gasteiger partial charge in [-0.05, 0) is 37.3 Å². The third-order valence-electron chi connectivity index (χ3n) is 4.45. The van der Waals surface area contributed by atoms with E-state index in [9.17, 15) is 14.9 Å². The Bertz CT molecular complexity index is 864. The predicted molar refractivity (Wildman–Crippen MR) is 92.9 cm³/mol. The molecule has 1 aliphatic carbocycles. The molecule has 2 aliphatic rings. The van der Waals surface area contributed by atoms with Crippen LogP contribution in [-0.2, 0) is 12.8 Å². The summed E-state index contributed by atoms with van der Waals surface area (Å²) in [7, 11) is 0. The fraction of sp³-hybridized carbons (Fsp3) is 0.312. The second-order valence-corrected chi connectivity index (χ2v) is 7.45. The highest BCUT2D eigenvalue weighted by Gasteiger charge is 2.32. The van der Waals surface area contributed by atoms with Crippen LogP contribution in [0.1, 0.15) is 45.4 Å². The van der Waals surface area contributed by atoms with Crippen molar-refractivity contribution >= 4 is 39.5 Å². The van der Waals surface area contributed by atoms with Gasteiger partial charge in [0, 0.05) is 16.5 Å². The zero-order valence-corrected chi connectivity index (χ0v) is 14.2. The van der Waals surface area contributed by atoms with E-state index in [2.05, 4.69) is 10.6 Å². The van der Waals surface area contributed by atoms with Gasteiger partial charge >= 0.3 is 0 Å². The lowest BCUT2D eigenvalue weighted by Gasteiger charge is -2.26. The minimum Gasteiger partial charge on any atom is -0.353 e. The number of thiophene rings is 1. The Labute approximate surface area is 147 Å². The van der Waals surface area contributed by atoms with Gasteiger partial charge in [-0.1, -0.05) is 17.7 Å². The maximum Gasteiger partial charge on any atom is 0.288 e. The monoisotopic (exact) mass is 363 g/mol. The van der Waals surface area contributed by atoms with Crippen LogP contribution in [0.2, 0.25) is 5.02 Å². The average Bonchev–Trinajstić information content (AvgIpc) is 2.93. The molecular formula is C16H14ClN3O3S. The van der Waals surface area contributed by atoms with Crippen LogP contribution in [0.5, 0.6) is 0 Å². The zero-order valence-electron chi connectivity index (χ0n) is 12.6. The van der Waals surface area contributed by atoms with Crippen molar-refractivity contribution in [2.75, 3.05) is 5.32 Å². The first-order valence-electron chi connectivity index (χ1n) is 7.70. The van der Waals surface area contributed by atoms with Crippen LogP contribution < -0.4 is 10.6 Å². The normalized spacial score (nSPS) is 19.0. The topological polar surface area (TPSA) is 84.3 Å². The lowest BCUT2D eigenvalue weighted by molar-refractivity contribution is -0.384. The molecule has 124 valence electrons. The number of carbonyl (C=O) groups excluding carboxylic acids is 1. The Hall–Kier alpha value is -2.12. The number of benzene rings is 1. The number of halogens is 1. The van der Waals surface area contributed by atoms with E-state index in [1.54, 1.807) is 17.4 Å². The first kappa shape index (κ1) is 15.4. The molecule has 1 aromatic heterocycles. The molecule has 0 fully saturated rings. The van der Waals surface area contributed by atoms with E-state index in [1.807, 2.05) is 0 Å². The van der Waals surface area contributed by atoms with Crippen molar-refractivity contribution in [1.82, 2.24) is 5.32 Å². The third kappa shape index (κ3) is 2.44. The molecule has 24 heavy (non-hydrogen) atoms. The van der Waals surface area contributed by atoms with Crippen LogP contribution in [0.15, 0.2) is 18.2 Å². The lowest BCUT2D eigenvalue weighted by Crippen LogP contribution is -2.38. The highest BCUT2D eigenvalue weighted by Crippen LogP contribution is 2.41. The molecule has 1 amide bonds. The van der Waals surface area contributed by atoms with Crippen LogP contribution in [0.25, 0.3) is 0 Å². The van der Waals surface area contributed by atoms with Crippen LogP contribution in [-0.4, -0.2) is 10.8 Å². The van der Waals surface area contributed by atoms with Gasteiger partial charge in [0.15, 0.2) is 0 Å². The smallest absolute Gasteiger partial charge is 0.288 e. The second kappa shape index (κ2) is 5.75. The summed E-state index contributed by atoms with van der Waals surface area (Å²) in [6, 6.07) is 4.57. The lowest BCUT2D eigenvalue weighted by atomic mass is 9.94. The van der Waals surface area contributed by atoms with E-state index in [4.69, 9.17) is 11.6 Å². The Morgan fingerprint density at radius 1 is 1.25 bits per heavy atom. The summed E-state index contributed by atoms with van der Waals surface area (Å²) in [4.78, 5) is 24.4. The summed E-state index contributed by atoms with van der Waals surface area (Å²) in [6.07, 6.45) is 3.71. The highest BCUT2D eigenvalue weighted by atomic mass is 35.5. The number of nitrogens with zero attached hydrogens (tertiary/aromatic N) is 1. The Kier molecular flexibility index (Phi) is 3.69. The fourth-order valence-electron chi connectivity index (χ4n) is 3.29. The minimum absolute atomic E-state index is 0.0816. The average molecular weight is 364 g/mol. The molecule has 2 heterocycles. The van der Waals surface area contributed by atoms with Crippen molar-refractivity contribution in [3.05, 3.63) is 54.9 Å². The number of nitro groups is 1. The second-order valence-electron chi connectivity index (χ2n) is 5.93. The molecule has 2 aromatic rings. The molecule has 6 nitrogen and oxygen atoms in total. The molecule has 0 radical (unpaired) electrons. The molecule has 0 bridgehead atoms. The molecule has 1 unspecified atom stereocenters. The number of anilines is 1. The van der Waals surface area contributed by atoms with Crippen molar-refractivity contribution in [2.24, 2.45) is 0 Å². The van der Waals surface area contributed by atoms with Gasteiger partial charge in [-0.25, -0.2) is 0 Å². The van der Waals surface area contributed by atoms with Gasteiger partial charge < -0.3 is 10.6 Å². The molecule has 0 saturated heterocycles. The number of hydrogen-bond donors (Lipinski definition) is 2. The van der Waals surface area contributed by atoms with Gasteiger partial charge in [0.25, 0.3) is 11.6 Å². The van der Waals surface area contributed by atoms with Crippen molar-refractivity contribution in [3.8, 4) is 0 Å². The summed E-state index contributed by atoms with van der Waals surface area (Å²) >= 11 is 7.48. The zero-order chi connectivity index (χ0) is 16.8. The summed E-state index contributed by atoms with van der Waals surface area (Å²) in [5.74, 6) is -0.120. The molecule has 2 N–H and O–H groups in total. The van der Waals surface area contributed by atoms with E-state index in [-0.39, 0.29) is 16.6 Å². The van der Waals surface area contributed by atoms with Gasteiger partial charge in [0.05, 0.1) is 10.5 Å². The molecule has 8 heteroatoms. The maximum atomic E-state index is 12.6. The van der Waals surface area contributed by atoms with Gasteiger partial charge in [-0.3, -0.25) is 14.9 Å². The van der Waals surface area contributed by atoms with E-state index in [1.165, 1.54) is 17.0 Å². The van der Waals surface area contributed by atoms with Crippen LogP contribution in [0, 0.1) is 10.1 Å². The maximum absolute atomic E-state index is 12.6. The van der Waals surface area contributed by atoms with E-state index in [0.29, 0.717) is 5.56 Å². The van der Waals surface area contributed by atoms with Gasteiger partial charge in [0.1, 0.15) is 16.2 Å². The first-order valence-corrected chi connectivity index (χ1v) is 8.90. The van der Waals surface area contributed by atoms with Gasteiger partial charge in [0.2, 0.25) is 0 Å². The van der Waals surface area contributed by atoms with Crippen molar-refractivity contribution in [2.45, 2.75) is 31.8 Å². The fourth-order valence-corrected chi connectivity index (χ4v) is 4.80. The van der Waals surface area contributed by atoms with Crippen LogP contribution >= 0.6 is 22.9 Å². The van der Waals surface area contributed by atoms with Crippen molar-refractivity contribution < 1.29 is 9.72 Å². The number of aryl methyl sites for hydroxylation is 1. The number of nitro benzene ring substituents is 1.